The van der Waals surface area contributed by atoms with Crippen LogP contribution < -0.4 is 5.32 Å². The number of hydrogen-bond donors (Lipinski definition) is 3. The van der Waals surface area contributed by atoms with Crippen LogP contribution in [0.2, 0.25) is 0 Å². The number of carbonyl (C=O) groups is 3. The highest BCUT2D eigenvalue weighted by Crippen LogP contribution is 2.24. The first-order valence-corrected chi connectivity index (χ1v) is 11.2. The molecule has 184 valence electrons. The third kappa shape index (κ3) is 6.63. The third-order valence-electron chi connectivity index (χ3n) is 5.35. The topological polar surface area (TPSA) is 127 Å². The van der Waals surface area contributed by atoms with Gasteiger partial charge in [0.15, 0.2) is 0 Å². The smallest absolute Gasteiger partial charge is 0.508 e. The quantitative estimate of drug-likeness (QED) is 0.244. The summed E-state index contributed by atoms with van der Waals surface area (Å²) in [5.41, 5.74) is 2.83. The molecule has 0 aliphatic heterocycles. The molecule has 1 amide bonds. The molecule has 0 aliphatic rings. The molecule has 0 saturated carbocycles. The Hall–Kier alpha value is -4.79. The van der Waals surface area contributed by atoms with Crippen molar-refractivity contribution in [2.75, 3.05) is 0 Å². The maximum Gasteiger partial charge on any atom is 0.516 e. The lowest BCUT2D eigenvalue weighted by Crippen LogP contribution is -2.44. The van der Waals surface area contributed by atoms with Gasteiger partial charge < -0.3 is 29.6 Å². The van der Waals surface area contributed by atoms with Crippen molar-refractivity contribution in [2.45, 2.75) is 25.7 Å². The number of aromatic amines is 1. The summed E-state index contributed by atoms with van der Waals surface area (Å²) in [6.45, 7) is -0.0829. The highest BCUT2D eigenvalue weighted by molar-refractivity contribution is 5.90. The number of nitrogens with one attached hydrogen (secondary N) is 2. The zero-order chi connectivity index (χ0) is 25.3. The summed E-state index contributed by atoms with van der Waals surface area (Å²) in [5.74, 6) is -0.971. The Labute approximate surface area is 206 Å². The maximum atomic E-state index is 12.9. The van der Waals surface area contributed by atoms with Crippen molar-refractivity contribution in [3.05, 3.63) is 102 Å². The number of rotatable bonds is 8. The van der Waals surface area contributed by atoms with E-state index < -0.39 is 24.3 Å². The second-order valence-electron chi connectivity index (χ2n) is 7.95. The van der Waals surface area contributed by atoms with Crippen LogP contribution in [-0.2, 0) is 38.6 Å². The zero-order valence-corrected chi connectivity index (χ0v) is 19.2. The van der Waals surface area contributed by atoms with Gasteiger partial charge in [0.05, 0.1) is 0 Å². The second kappa shape index (κ2) is 11.6. The van der Waals surface area contributed by atoms with Crippen LogP contribution in [0.3, 0.4) is 0 Å². The van der Waals surface area contributed by atoms with E-state index in [0.29, 0.717) is 10.9 Å². The van der Waals surface area contributed by atoms with Gasteiger partial charge in [-0.3, -0.25) is 0 Å². The predicted octanol–water partition coefficient (Wildman–Crippen LogP) is 4.59. The number of aromatic nitrogens is 1. The van der Waals surface area contributed by atoms with Crippen LogP contribution in [-0.4, -0.2) is 34.4 Å². The number of phenols is 1. The summed E-state index contributed by atoms with van der Waals surface area (Å²) in [5, 5.41) is 13.0. The largest absolute Gasteiger partial charge is 0.516 e. The molecule has 0 saturated heterocycles. The van der Waals surface area contributed by atoms with Gasteiger partial charge in [0.25, 0.3) is 0 Å². The van der Waals surface area contributed by atoms with Gasteiger partial charge in [0, 0.05) is 23.5 Å². The van der Waals surface area contributed by atoms with Gasteiger partial charge in [-0.05, 0) is 34.9 Å². The predicted molar refractivity (Wildman–Crippen MR) is 130 cm³/mol. The number of hydrogen-bond acceptors (Lipinski definition) is 7. The molecule has 1 heterocycles. The Morgan fingerprint density at radius 2 is 1.50 bits per heavy atom. The second-order valence-corrected chi connectivity index (χ2v) is 7.95. The number of aromatic hydroxyl groups is 1. The number of fused-ring (bicyclic) bond motifs is 1. The molecular formula is C27H24N2O7. The first-order chi connectivity index (χ1) is 17.5. The fraction of sp³-hybridized carbons (Fsp3) is 0.148. The first-order valence-electron chi connectivity index (χ1n) is 11.2. The molecule has 0 bridgehead atoms. The van der Waals surface area contributed by atoms with E-state index in [-0.39, 0.29) is 25.4 Å². The highest BCUT2D eigenvalue weighted by atomic mass is 16.7. The zero-order valence-electron chi connectivity index (χ0n) is 19.2. The number of esters is 1. The minimum atomic E-state index is -1.26. The van der Waals surface area contributed by atoms with Crippen molar-refractivity contribution < 1.29 is 33.7 Å². The summed E-state index contributed by atoms with van der Waals surface area (Å²) < 4.78 is 15.1. The van der Waals surface area contributed by atoms with Gasteiger partial charge in [-0.1, -0.05) is 60.7 Å². The molecule has 4 aromatic rings. The van der Waals surface area contributed by atoms with Gasteiger partial charge in [0.1, 0.15) is 25.0 Å². The number of phenolic OH excluding ortho intramolecular Hbond substituents is 1. The number of carbonyl (C=O) groups excluding carboxylic acids is 3. The molecular weight excluding hydrogens is 464 g/mol. The number of H-pyrrole nitrogens is 1. The minimum Gasteiger partial charge on any atom is -0.508 e. The Morgan fingerprint density at radius 1 is 0.861 bits per heavy atom. The molecule has 1 atom stereocenters. The highest BCUT2D eigenvalue weighted by Gasteiger charge is 2.27. The van der Waals surface area contributed by atoms with Crippen molar-refractivity contribution in [2.24, 2.45) is 0 Å². The third-order valence-corrected chi connectivity index (χ3v) is 5.35. The molecule has 36 heavy (non-hydrogen) atoms. The van der Waals surface area contributed by atoms with Crippen molar-refractivity contribution in [3.8, 4) is 5.75 Å². The lowest BCUT2D eigenvalue weighted by Gasteiger charge is -2.17. The number of amides is 1. The Bertz CT molecular complexity index is 1340. The van der Waals surface area contributed by atoms with Gasteiger partial charge >= 0.3 is 18.2 Å². The van der Waals surface area contributed by atoms with Crippen LogP contribution in [0.15, 0.2) is 85.1 Å². The van der Waals surface area contributed by atoms with Crippen molar-refractivity contribution in [1.82, 2.24) is 10.3 Å². The summed E-state index contributed by atoms with van der Waals surface area (Å²) in [7, 11) is 0. The van der Waals surface area contributed by atoms with E-state index >= 15 is 0 Å². The van der Waals surface area contributed by atoms with E-state index in [2.05, 4.69) is 10.3 Å². The average molecular weight is 488 g/mol. The Morgan fingerprint density at radius 3 is 2.17 bits per heavy atom. The van der Waals surface area contributed by atoms with Gasteiger partial charge in [-0.2, -0.15) is 0 Å². The number of alkyl carbamates (subject to hydrolysis) is 1. The SMILES string of the molecule is O=C(N[C@@H](Cc1c[nH]c2ccc(O)cc12)C(=O)OC(=O)OCc1ccccc1)OCc1ccccc1. The fourth-order valence-electron chi connectivity index (χ4n) is 3.55. The molecule has 1 aromatic heterocycles. The molecule has 3 N–H and O–H groups in total. The number of ether oxygens (including phenoxy) is 3. The normalized spacial score (nSPS) is 11.4. The van der Waals surface area contributed by atoms with Crippen LogP contribution in [0.4, 0.5) is 9.59 Å². The average Bonchev–Trinajstić information content (AvgIpc) is 3.28. The molecule has 4 rings (SSSR count). The van der Waals surface area contributed by atoms with Crippen LogP contribution in [0.5, 0.6) is 5.75 Å². The van der Waals surface area contributed by atoms with E-state index in [0.717, 1.165) is 16.6 Å². The lowest BCUT2D eigenvalue weighted by atomic mass is 10.0. The molecule has 0 fully saturated rings. The van der Waals surface area contributed by atoms with E-state index in [4.69, 9.17) is 14.2 Å². The van der Waals surface area contributed by atoms with Crippen molar-refractivity contribution in [1.29, 1.82) is 0 Å². The summed E-state index contributed by atoms with van der Waals surface area (Å²) in [6, 6.07) is 21.4. The van der Waals surface area contributed by atoms with Crippen molar-refractivity contribution >= 4 is 29.1 Å². The van der Waals surface area contributed by atoms with Crippen LogP contribution in [0, 0.1) is 0 Å². The molecule has 3 aromatic carbocycles. The molecule has 0 unspecified atom stereocenters. The van der Waals surface area contributed by atoms with E-state index in [1.807, 2.05) is 24.3 Å². The van der Waals surface area contributed by atoms with Crippen LogP contribution >= 0.6 is 0 Å². The van der Waals surface area contributed by atoms with E-state index in [1.54, 1.807) is 48.7 Å². The van der Waals surface area contributed by atoms with Crippen LogP contribution in [0.25, 0.3) is 10.9 Å². The Balaban J connectivity index is 1.43. The standard InChI is InChI=1S/C27H24N2O7/c30-21-11-12-23-22(14-21)20(15-28-23)13-24(29-26(32)34-16-18-7-3-1-4-8-18)25(31)36-27(33)35-17-19-9-5-2-6-10-19/h1-12,14-15,24,28,30H,13,16-17H2,(H,29,32)/t24-/m0/s1. The van der Waals surface area contributed by atoms with E-state index in [9.17, 15) is 19.5 Å². The van der Waals surface area contributed by atoms with E-state index in [1.165, 1.54) is 12.1 Å². The lowest BCUT2D eigenvalue weighted by molar-refractivity contribution is -0.142. The van der Waals surface area contributed by atoms with Gasteiger partial charge in [-0.25, -0.2) is 14.4 Å². The monoisotopic (exact) mass is 488 g/mol. The van der Waals surface area contributed by atoms with Crippen molar-refractivity contribution in [3.63, 3.8) is 0 Å². The first kappa shape index (κ1) is 24.3. The molecule has 9 heteroatoms. The molecule has 0 aliphatic carbocycles. The summed E-state index contributed by atoms with van der Waals surface area (Å²) in [4.78, 5) is 40.5. The summed E-state index contributed by atoms with van der Waals surface area (Å²) in [6.07, 6.45) is -0.435. The van der Waals surface area contributed by atoms with Crippen LogP contribution in [0.1, 0.15) is 16.7 Å². The fourth-order valence-corrected chi connectivity index (χ4v) is 3.55. The molecule has 0 spiro atoms. The summed E-state index contributed by atoms with van der Waals surface area (Å²) >= 11 is 0. The minimum absolute atomic E-state index is 0.00544. The van der Waals surface area contributed by atoms with Gasteiger partial charge in [0.2, 0.25) is 0 Å². The maximum absolute atomic E-state index is 12.9. The number of benzene rings is 3. The molecule has 9 nitrogen and oxygen atoms in total. The van der Waals surface area contributed by atoms with Gasteiger partial charge in [-0.15, -0.1) is 0 Å². The Kier molecular flexibility index (Phi) is 7.82. The molecule has 0 radical (unpaired) electrons.